The molecule has 0 saturated carbocycles. The zero-order valence-corrected chi connectivity index (χ0v) is 12.3. The number of oxime groups is 1. The van der Waals surface area contributed by atoms with Gasteiger partial charge in [-0.2, -0.15) is 0 Å². The van der Waals surface area contributed by atoms with Crippen molar-refractivity contribution in [2.24, 2.45) is 16.3 Å². The van der Waals surface area contributed by atoms with Gasteiger partial charge in [-0.15, -0.1) is 0 Å². The maximum atomic E-state index is 13.0. The van der Waals surface area contributed by atoms with Crippen LogP contribution in [0.3, 0.4) is 0 Å². The third-order valence-corrected chi connectivity index (χ3v) is 4.49. The van der Waals surface area contributed by atoms with Gasteiger partial charge in [-0.05, 0) is 30.7 Å². The molecule has 0 aliphatic rings. The summed E-state index contributed by atoms with van der Waals surface area (Å²) in [7, 11) is -3.79. The van der Waals surface area contributed by atoms with Gasteiger partial charge in [0.15, 0.2) is 0 Å². The number of aryl methyl sites for hydroxylation is 1. The minimum absolute atomic E-state index is 0.00536. The minimum atomic E-state index is -3.79. The van der Waals surface area contributed by atoms with Gasteiger partial charge in [0.1, 0.15) is 11.7 Å². The van der Waals surface area contributed by atoms with Gasteiger partial charge in [0.25, 0.3) is 0 Å². The highest BCUT2D eigenvalue weighted by atomic mass is 32.2. The van der Waals surface area contributed by atoms with Gasteiger partial charge < -0.3 is 10.9 Å². The van der Waals surface area contributed by atoms with Gasteiger partial charge in [0.2, 0.25) is 10.0 Å². The maximum Gasteiger partial charge on any atom is 0.240 e. The van der Waals surface area contributed by atoms with Crippen molar-refractivity contribution < 1.29 is 18.0 Å². The fourth-order valence-corrected chi connectivity index (χ4v) is 2.93. The standard InChI is InChI=1S/C12H18FN3O3S/c1-8-6-9(13)4-5-10(8)20(18,19)15-7-12(2,3)11(14)16-17/h4-6,15,17H,7H2,1-3H3,(H2,14,16). The Morgan fingerprint density at radius 3 is 2.60 bits per heavy atom. The lowest BCUT2D eigenvalue weighted by molar-refractivity contribution is 0.307. The summed E-state index contributed by atoms with van der Waals surface area (Å²) in [6, 6.07) is 3.42. The molecule has 6 nitrogen and oxygen atoms in total. The van der Waals surface area contributed by atoms with Crippen molar-refractivity contribution in [3.05, 3.63) is 29.6 Å². The Kier molecular flexibility index (Phi) is 4.72. The molecule has 0 spiro atoms. The molecule has 1 rings (SSSR count). The van der Waals surface area contributed by atoms with E-state index in [0.29, 0.717) is 5.56 Å². The van der Waals surface area contributed by atoms with Crippen LogP contribution in [0.15, 0.2) is 28.3 Å². The fourth-order valence-electron chi connectivity index (χ4n) is 1.49. The van der Waals surface area contributed by atoms with E-state index in [1.54, 1.807) is 13.8 Å². The number of nitrogens with one attached hydrogen (secondary N) is 1. The largest absolute Gasteiger partial charge is 0.409 e. The monoisotopic (exact) mass is 303 g/mol. The van der Waals surface area contributed by atoms with Crippen LogP contribution in [0.2, 0.25) is 0 Å². The van der Waals surface area contributed by atoms with E-state index in [1.807, 2.05) is 0 Å². The smallest absolute Gasteiger partial charge is 0.240 e. The quantitative estimate of drug-likeness (QED) is 0.329. The molecular formula is C12H18FN3O3S. The number of nitrogens with two attached hydrogens (primary N) is 1. The number of amidine groups is 1. The molecule has 0 bridgehead atoms. The molecule has 1 aromatic rings. The Labute approximate surface area is 117 Å². The van der Waals surface area contributed by atoms with Crippen LogP contribution in [0.25, 0.3) is 0 Å². The number of hydrogen-bond donors (Lipinski definition) is 3. The predicted molar refractivity (Wildman–Crippen MR) is 73.5 cm³/mol. The van der Waals surface area contributed by atoms with Crippen molar-refractivity contribution in [3.63, 3.8) is 0 Å². The van der Waals surface area contributed by atoms with E-state index >= 15 is 0 Å². The highest BCUT2D eigenvalue weighted by Gasteiger charge is 2.27. The first-order valence-electron chi connectivity index (χ1n) is 5.84. The van der Waals surface area contributed by atoms with Crippen LogP contribution in [-0.4, -0.2) is 26.0 Å². The van der Waals surface area contributed by atoms with E-state index in [4.69, 9.17) is 10.9 Å². The fraction of sp³-hybridized carbons (Fsp3) is 0.417. The van der Waals surface area contributed by atoms with Gasteiger partial charge in [0, 0.05) is 12.0 Å². The van der Waals surface area contributed by atoms with Gasteiger partial charge in [-0.25, -0.2) is 17.5 Å². The molecular weight excluding hydrogens is 285 g/mol. The van der Waals surface area contributed by atoms with Crippen molar-refractivity contribution in [2.45, 2.75) is 25.7 Å². The molecule has 8 heteroatoms. The number of benzene rings is 1. The lowest BCUT2D eigenvalue weighted by Gasteiger charge is -2.23. The van der Waals surface area contributed by atoms with Crippen molar-refractivity contribution in [1.29, 1.82) is 0 Å². The van der Waals surface area contributed by atoms with Gasteiger partial charge in [0.05, 0.1) is 4.90 Å². The van der Waals surface area contributed by atoms with E-state index < -0.39 is 21.3 Å². The number of hydrogen-bond acceptors (Lipinski definition) is 4. The van der Waals surface area contributed by atoms with Gasteiger partial charge in [-0.1, -0.05) is 19.0 Å². The van der Waals surface area contributed by atoms with Crippen LogP contribution in [0.4, 0.5) is 4.39 Å². The zero-order valence-electron chi connectivity index (χ0n) is 11.5. The normalized spacial score (nSPS) is 13.5. The molecule has 0 radical (unpaired) electrons. The van der Waals surface area contributed by atoms with Crippen LogP contribution >= 0.6 is 0 Å². The van der Waals surface area contributed by atoms with Crippen molar-refractivity contribution in [2.75, 3.05) is 6.54 Å². The van der Waals surface area contributed by atoms with Crippen LogP contribution in [0.1, 0.15) is 19.4 Å². The number of rotatable bonds is 5. The number of sulfonamides is 1. The van der Waals surface area contributed by atoms with Crippen LogP contribution in [-0.2, 0) is 10.0 Å². The van der Waals surface area contributed by atoms with E-state index in [2.05, 4.69) is 9.88 Å². The molecule has 1 aromatic carbocycles. The SMILES string of the molecule is Cc1cc(F)ccc1S(=O)(=O)NCC(C)(C)/C(N)=N/O. The minimum Gasteiger partial charge on any atom is -0.409 e. The van der Waals surface area contributed by atoms with E-state index in [0.717, 1.165) is 12.1 Å². The zero-order chi connectivity index (χ0) is 15.6. The summed E-state index contributed by atoms with van der Waals surface area (Å²) in [5, 5.41) is 11.5. The first-order valence-corrected chi connectivity index (χ1v) is 7.32. The number of halogens is 1. The Morgan fingerprint density at radius 1 is 1.50 bits per heavy atom. The summed E-state index contributed by atoms with van der Waals surface area (Å²) >= 11 is 0. The molecule has 0 amide bonds. The molecule has 0 aliphatic carbocycles. The van der Waals surface area contributed by atoms with E-state index in [9.17, 15) is 12.8 Å². The van der Waals surface area contributed by atoms with Crippen molar-refractivity contribution in [1.82, 2.24) is 4.72 Å². The molecule has 0 heterocycles. The van der Waals surface area contributed by atoms with Crippen molar-refractivity contribution >= 4 is 15.9 Å². The summed E-state index contributed by atoms with van der Waals surface area (Å²) in [4.78, 5) is -0.00536. The van der Waals surface area contributed by atoms with Gasteiger partial charge >= 0.3 is 0 Å². The Morgan fingerprint density at radius 2 is 2.10 bits per heavy atom. The molecule has 112 valence electrons. The second kappa shape index (κ2) is 5.76. The molecule has 0 saturated heterocycles. The first kappa shape index (κ1) is 16.4. The third kappa shape index (κ3) is 3.67. The highest BCUT2D eigenvalue weighted by Crippen LogP contribution is 2.18. The average molecular weight is 303 g/mol. The molecule has 0 unspecified atom stereocenters. The molecule has 0 aliphatic heterocycles. The highest BCUT2D eigenvalue weighted by molar-refractivity contribution is 7.89. The lowest BCUT2D eigenvalue weighted by Crippen LogP contribution is -2.42. The van der Waals surface area contributed by atoms with E-state index in [1.165, 1.54) is 13.0 Å². The van der Waals surface area contributed by atoms with E-state index in [-0.39, 0.29) is 17.3 Å². The number of nitrogens with zero attached hydrogens (tertiary/aromatic N) is 1. The summed E-state index contributed by atoms with van der Waals surface area (Å²) in [5.41, 5.74) is 4.94. The molecule has 0 atom stereocenters. The molecule has 0 aromatic heterocycles. The van der Waals surface area contributed by atoms with Crippen LogP contribution in [0.5, 0.6) is 0 Å². The lowest BCUT2D eigenvalue weighted by atomic mass is 9.93. The average Bonchev–Trinajstić information content (AvgIpc) is 2.35. The maximum absolute atomic E-state index is 13.0. The summed E-state index contributed by atoms with van der Waals surface area (Å²) in [5.74, 6) is -0.588. The Balaban J connectivity index is 2.97. The third-order valence-electron chi connectivity index (χ3n) is 2.93. The van der Waals surface area contributed by atoms with Crippen LogP contribution < -0.4 is 10.5 Å². The van der Waals surface area contributed by atoms with Gasteiger partial charge in [-0.3, -0.25) is 0 Å². The second-order valence-electron chi connectivity index (χ2n) is 5.10. The molecule has 4 N–H and O–H groups in total. The Bertz CT molecular complexity index is 627. The topological polar surface area (TPSA) is 105 Å². The molecule has 0 fully saturated rings. The predicted octanol–water partition coefficient (Wildman–Crippen LogP) is 1.19. The van der Waals surface area contributed by atoms with Crippen molar-refractivity contribution in [3.8, 4) is 0 Å². The second-order valence-corrected chi connectivity index (χ2v) is 6.84. The summed E-state index contributed by atoms with van der Waals surface area (Å²) in [6.45, 7) is 4.71. The first-order chi connectivity index (χ1) is 9.10. The van der Waals surface area contributed by atoms with Crippen LogP contribution in [0, 0.1) is 18.2 Å². The summed E-state index contributed by atoms with van der Waals surface area (Å²) in [6.07, 6.45) is 0. The summed E-state index contributed by atoms with van der Waals surface area (Å²) < 4.78 is 39.6. The Hall–Kier alpha value is -1.67. The molecule has 20 heavy (non-hydrogen) atoms.